The third-order valence-corrected chi connectivity index (χ3v) is 2.89. The van der Waals surface area contributed by atoms with Gasteiger partial charge < -0.3 is 10.0 Å². The van der Waals surface area contributed by atoms with E-state index in [0.29, 0.717) is 6.54 Å². The molecule has 3 amide bonds. The normalized spacial score (nSPS) is 11.6. The monoisotopic (exact) mass is 270 g/mol. The molecule has 0 bridgehead atoms. The number of carboxylic acids is 1. The summed E-state index contributed by atoms with van der Waals surface area (Å²) in [4.78, 5) is 35.4. The maximum atomic E-state index is 11.7. The zero-order valence-electron chi connectivity index (χ0n) is 11.9. The highest BCUT2D eigenvalue weighted by Crippen LogP contribution is 2.04. The first kappa shape index (κ1) is 17.2. The number of carbonyl (C=O) groups excluding carboxylic acids is 2. The SMILES string of the molecule is CCCCCN(C)C(=O)NC(=O)/C(C)=C(/C)C(=O)O. The number of imide groups is 1. The number of hydrogen-bond acceptors (Lipinski definition) is 3. The Hall–Kier alpha value is -1.85. The summed E-state index contributed by atoms with van der Waals surface area (Å²) < 4.78 is 0. The lowest BCUT2D eigenvalue weighted by Crippen LogP contribution is -2.41. The molecule has 0 saturated heterocycles. The highest BCUT2D eigenvalue weighted by molar-refractivity contribution is 6.07. The minimum absolute atomic E-state index is 0.0304. The van der Waals surface area contributed by atoms with Crippen molar-refractivity contribution in [3.8, 4) is 0 Å². The molecule has 0 rings (SSSR count). The molecular weight excluding hydrogens is 248 g/mol. The predicted molar refractivity (Wildman–Crippen MR) is 71.7 cm³/mol. The summed E-state index contributed by atoms with van der Waals surface area (Å²) in [6.07, 6.45) is 2.94. The summed E-state index contributed by atoms with van der Waals surface area (Å²) in [5, 5.41) is 10.9. The minimum Gasteiger partial charge on any atom is -0.478 e. The Morgan fingerprint density at radius 3 is 2.16 bits per heavy atom. The minimum atomic E-state index is -1.17. The summed E-state index contributed by atoms with van der Waals surface area (Å²) in [6.45, 7) is 5.33. The molecule has 2 N–H and O–H groups in total. The molecule has 0 aliphatic rings. The molecular formula is C13H22N2O4. The fraction of sp³-hybridized carbons (Fsp3) is 0.615. The molecule has 0 aliphatic heterocycles. The molecule has 19 heavy (non-hydrogen) atoms. The van der Waals surface area contributed by atoms with Gasteiger partial charge in [0.25, 0.3) is 5.91 Å². The number of carboxylic acid groups (broad SMARTS) is 1. The molecule has 0 radical (unpaired) electrons. The Morgan fingerprint density at radius 2 is 1.68 bits per heavy atom. The molecule has 6 nitrogen and oxygen atoms in total. The number of aliphatic carboxylic acids is 1. The number of nitrogens with one attached hydrogen (secondary N) is 1. The van der Waals surface area contributed by atoms with E-state index in [4.69, 9.17) is 5.11 Å². The zero-order valence-corrected chi connectivity index (χ0v) is 11.9. The number of carbonyl (C=O) groups is 3. The van der Waals surface area contributed by atoms with Gasteiger partial charge in [0.05, 0.1) is 0 Å². The number of urea groups is 1. The fourth-order valence-electron chi connectivity index (χ4n) is 1.32. The number of nitrogens with zero attached hydrogens (tertiary/aromatic N) is 1. The van der Waals surface area contributed by atoms with E-state index in [1.165, 1.54) is 18.7 Å². The first-order chi connectivity index (χ1) is 8.81. The Bertz CT molecular complexity index is 388. The lowest BCUT2D eigenvalue weighted by atomic mass is 10.1. The zero-order chi connectivity index (χ0) is 15.0. The number of unbranched alkanes of at least 4 members (excludes halogenated alkanes) is 2. The van der Waals surface area contributed by atoms with Crippen molar-refractivity contribution in [3.63, 3.8) is 0 Å². The molecule has 0 atom stereocenters. The molecule has 0 saturated carbocycles. The van der Waals surface area contributed by atoms with Gasteiger partial charge in [-0.1, -0.05) is 19.8 Å². The van der Waals surface area contributed by atoms with E-state index in [1.807, 2.05) is 0 Å². The molecule has 0 fully saturated rings. The Labute approximate surface area is 113 Å². The maximum Gasteiger partial charge on any atom is 0.331 e. The number of amides is 3. The van der Waals surface area contributed by atoms with Crippen molar-refractivity contribution in [2.45, 2.75) is 40.0 Å². The van der Waals surface area contributed by atoms with Crippen LogP contribution in [-0.4, -0.2) is 41.5 Å². The summed E-state index contributed by atoms with van der Waals surface area (Å²) in [5.41, 5.74) is -0.0401. The summed E-state index contributed by atoms with van der Waals surface area (Å²) in [6, 6.07) is -0.515. The van der Waals surface area contributed by atoms with Crippen molar-refractivity contribution >= 4 is 17.9 Å². The first-order valence-corrected chi connectivity index (χ1v) is 6.28. The first-order valence-electron chi connectivity index (χ1n) is 6.28. The molecule has 6 heteroatoms. The van der Waals surface area contributed by atoms with Crippen LogP contribution in [0.15, 0.2) is 11.1 Å². The Kier molecular flexibility index (Phi) is 7.48. The lowest BCUT2D eigenvalue weighted by Gasteiger charge is -2.17. The number of rotatable bonds is 6. The predicted octanol–water partition coefficient (Wildman–Crippen LogP) is 1.77. The quantitative estimate of drug-likeness (QED) is 0.569. The third-order valence-electron chi connectivity index (χ3n) is 2.89. The summed E-state index contributed by atoms with van der Waals surface area (Å²) in [7, 11) is 1.60. The van der Waals surface area contributed by atoms with Crippen LogP contribution < -0.4 is 5.32 Å². The van der Waals surface area contributed by atoms with Crippen LogP contribution in [0.25, 0.3) is 0 Å². The van der Waals surface area contributed by atoms with E-state index in [2.05, 4.69) is 12.2 Å². The van der Waals surface area contributed by atoms with E-state index in [1.54, 1.807) is 7.05 Å². The van der Waals surface area contributed by atoms with E-state index >= 15 is 0 Å². The standard InChI is InChI=1S/C13H22N2O4/c1-5-6-7-8-15(4)13(19)14-11(16)9(2)10(3)12(17)18/h5-8H2,1-4H3,(H,17,18)(H,14,16,19)/b10-9-. The molecule has 0 aromatic heterocycles. The number of hydrogen-bond donors (Lipinski definition) is 2. The van der Waals surface area contributed by atoms with Gasteiger partial charge in [-0.15, -0.1) is 0 Å². The van der Waals surface area contributed by atoms with Crippen LogP contribution in [0.2, 0.25) is 0 Å². The van der Waals surface area contributed by atoms with E-state index < -0.39 is 17.9 Å². The van der Waals surface area contributed by atoms with Gasteiger partial charge in [-0.3, -0.25) is 10.1 Å². The van der Waals surface area contributed by atoms with Gasteiger partial charge in [-0.2, -0.15) is 0 Å². The molecule has 0 aromatic rings. The van der Waals surface area contributed by atoms with Gasteiger partial charge in [0.2, 0.25) is 0 Å². The van der Waals surface area contributed by atoms with Gasteiger partial charge in [-0.05, 0) is 20.3 Å². The van der Waals surface area contributed by atoms with E-state index in [-0.39, 0.29) is 11.1 Å². The van der Waals surface area contributed by atoms with Crippen molar-refractivity contribution in [2.75, 3.05) is 13.6 Å². The molecule has 108 valence electrons. The average Bonchev–Trinajstić information content (AvgIpc) is 2.36. The molecule has 0 heterocycles. The van der Waals surface area contributed by atoms with Gasteiger partial charge in [0, 0.05) is 24.7 Å². The third kappa shape index (κ3) is 6.03. The maximum absolute atomic E-state index is 11.7. The van der Waals surface area contributed by atoms with Crippen molar-refractivity contribution in [2.24, 2.45) is 0 Å². The van der Waals surface area contributed by atoms with Crippen molar-refractivity contribution in [1.29, 1.82) is 0 Å². The van der Waals surface area contributed by atoms with E-state index in [0.717, 1.165) is 19.3 Å². The van der Waals surface area contributed by atoms with Crippen LogP contribution in [0, 0.1) is 0 Å². The van der Waals surface area contributed by atoms with E-state index in [9.17, 15) is 14.4 Å². The highest BCUT2D eigenvalue weighted by atomic mass is 16.4. The van der Waals surface area contributed by atoms with Crippen LogP contribution in [0.5, 0.6) is 0 Å². The Balaban J connectivity index is 4.45. The molecule has 0 aromatic carbocycles. The Morgan fingerprint density at radius 1 is 1.11 bits per heavy atom. The second-order valence-electron chi connectivity index (χ2n) is 4.44. The smallest absolute Gasteiger partial charge is 0.331 e. The summed E-state index contributed by atoms with van der Waals surface area (Å²) in [5.74, 6) is -1.84. The van der Waals surface area contributed by atoms with Gasteiger partial charge in [0.1, 0.15) is 0 Å². The van der Waals surface area contributed by atoms with Crippen LogP contribution in [-0.2, 0) is 9.59 Å². The van der Waals surface area contributed by atoms with Crippen LogP contribution in [0.3, 0.4) is 0 Å². The average molecular weight is 270 g/mol. The summed E-state index contributed by atoms with van der Waals surface area (Å²) >= 11 is 0. The van der Waals surface area contributed by atoms with Crippen molar-refractivity contribution < 1.29 is 19.5 Å². The molecule has 0 unspecified atom stereocenters. The molecule has 0 spiro atoms. The van der Waals surface area contributed by atoms with Gasteiger partial charge in [0.15, 0.2) is 0 Å². The van der Waals surface area contributed by atoms with Crippen LogP contribution >= 0.6 is 0 Å². The second kappa shape index (κ2) is 8.29. The largest absolute Gasteiger partial charge is 0.478 e. The van der Waals surface area contributed by atoms with Crippen LogP contribution in [0.4, 0.5) is 4.79 Å². The van der Waals surface area contributed by atoms with Crippen molar-refractivity contribution in [3.05, 3.63) is 11.1 Å². The molecule has 0 aliphatic carbocycles. The van der Waals surface area contributed by atoms with Gasteiger partial charge >= 0.3 is 12.0 Å². The van der Waals surface area contributed by atoms with Crippen molar-refractivity contribution in [1.82, 2.24) is 10.2 Å². The highest BCUT2D eigenvalue weighted by Gasteiger charge is 2.17. The fourth-order valence-corrected chi connectivity index (χ4v) is 1.32. The van der Waals surface area contributed by atoms with Crippen LogP contribution in [0.1, 0.15) is 40.0 Å². The van der Waals surface area contributed by atoms with Gasteiger partial charge in [-0.25, -0.2) is 9.59 Å². The second-order valence-corrected chi connectivity index (χ2v) is 4.44. The lowest BCUT2D eigenvalue weighted by molar-refractivity contribution is -0.133. The topological polar surface area (TPSA) is 86.7 Å².